The fourth-order valence-electron chi connectivity index (χ4n) is 3.73. The van der Waals surface area contributed by atoms with Gasteiger partial charge in [0.15, 0.2) is 5.96 Å². The van der Waals surface area contributed by atoms with Gasteiger partial charge in [-0.25, -0.2) is 0 Å². The van der Waals surface area contributed by atoms with Crippen molar-refractivity contribution in [1.82, 2.24) is 10.2 Å². The molecule has 1 aromatic carbocycles. The highest BCUT2D eigenvalue weighted by Crippen LogP contribution is 2.26. The number of guanidine groups is 1. The van der Waals surface area contributed by atoms with E-state index in [0.29, 0.717) is 11.8 Å². The number of rotatable bonds is 5. The highest BCUT2D eigenvalue weighted by molar-refractivity contribution is 14.0. The predicted molar refractivity (Wildman–Crippen MR) is 123 cm³/mol. The molecular formula is C19H30BrIN4O. The minimum atomic E-state index is 0. The molecule has 26 heavy (non-hydrogen) atoms. The summed E-state index contributed by atoms with van der Waals surface area (Å²) in [4.78, 5) is 9.16. The van der Waals surface area contributed by atoms with Crippen molar-refractivity contribution < 1.29 is 4.74 Å². The van der Waals surface area contributed by atoms with Gasteiger partial charge in [0.25, 0.3) is 0 Å². The van der Waals surface area contributed by atoms with Crippen LogP contribution in [-0.4, -0.2) is 64.3 Å². The van der Waals surface area contributed by atoms with Crippen molar-refractivity contribution in [2.24, 2.45) is 16.8 Å². The highest BCUT2D eigenvalue weighted by Gasteiger charge is 2.24. The molecule has 0 radical (unpaired) electrons. The summed E-state index contributed by atoms with van der Waals surface area (Å²) in [5.74, 6) is 2.27. The lowest BCUT2D eigenvalue weighted by atomic mass is 10.1. The first-order chi connectivity index (χ1) is 12.2. The first-order valence-electron chi connectivity index (χ1n) is 9.15. The zero-order chi connectivity index (χ0) is 17.6. The third-order valence-corrected chi connectivity index (χ3v) is 5.63. The Bertz CT molecular complexity index is 595. The van der Waals surface area contributed by atoms with Crippen LogP contribution in [0.4, 0.5) is 5.69 Å². The van der Waals surface area contributed by atoms with Crippen LogP contribution in [0.25, 0.3) is 0 Å². The summed E-state index contributed by atoms with van der Waals surface area (Å²) in [6.07, 6.45) is 2.38. The van der Waals surface area contributed by atoms with Crippen LogP contribution in [0.5, 0.6) is 0 Å². The Morgan fingerprint density at radius 1 is 1.38 bits per heavy atom. The van der Waals surface area contributed by atoms with E-state index >= 15 is 0 Å². The van der Waals surface area contributed by atoms with E-state index < -0.39 is 0 Å². The van der Waals surface area contributed by atoms with Gasteiger partial charge in [0.05, 0.1) is 6.61 Å². The second-order valence-corrected chi connectivity index (χ2v) is 8.03. The molecule has 0 saturated carbocycles. The normalized spacial score (nSPS) is 23.0. The van der Waals surface area contributed by atoms with Gasteiger partial charge in [-0.15, -0.1) is 24.0 Å². The zero-order valence-corrected chi connectivity index (χ0v) is 19.6. The maximum Gasteiger partial charge on any atom is 0.193 e. The summed E-state index contributed by atoms with van der Waals surface area (Å²) in [6, 6.07) is 8.57. The maximum atomic E-state index is 5.48. The van der Waals surface area contributed by atoms with E-state index in [1.54, 1.807) is 0 Å². The van der Waals surface area contributed by atoms with E-state index in [9.17, 15) is 0 Å². The zero-order valence-electron chi connectivity index (χ0n) is 15.7. The van der Waals surface area contributed by atoms with Crippen LogP contribution in [0.15, 0.2) is 33.7 Å². The molecule has 3 rings (SSSR count). The number of nitrogens with one attached hydrogen (secondary N) is 1. The van der Waals surface area contributed by atoms with Crippen molar-refractivity contribution in [3.05, 3.63) is 28.7 Å². The Kier molecular flexibility index (Phi) is 8.96. The number of halogens is 2. The summed E-state index contributed by atoms with van der Waals surface area (Å²) >= 11 is 3.57. The van der Waals surface area contributed by atoms with Crippen molar-refractivity contribution in [3.8, 4) is 0 Å². The molecule has 0 amide bonds. The van der Waals surface area contributed by atoms with E-state index in [4.69, 9.17) is 4.74 Å². The van der Waals surface area contributed by atoms with Gasteiger partial charge in [-0.05, 0) is 37.0 Å². The summed E-state index contributed by atoms with van der Waals surface area (Å²) in [5, 5.41) is 3.57. The average Bonchev–Trinajstić information content (AvgIpc) is 3.27. The van der Waals surface area contributed by atoms with E-state index in [-0.39, 0.29) is 24.0 Å². The Morgan fingerprint density at radius 3 is 2.92 bits per heavy atom. The molecule has 0 aromatic heterocycles. The standard InChI is InChI=1S/C19H29BrN4O.HI/c1-21-19(23(2)12-16-7-9-25-14-16)22-11-15-6-8-24(13-15)18-5-3-4-17(20)10-18;/h3-5,10,15-16H,6-9,11-14H2,1-2H3,(H,21,22);1H. The summed E-state index contributed by atoms with van der Waals surface area (Å²) < 4.78 is 6.62. The third-order valence-electron chi connectivity index (χ3n) is 5.14. The van der Waals surface area contributed by atoms with E-state index in [0.717, 1.165) is 56.2 Å². The number of aliphatic imine (C=N–C) groups is 1. The van der Waals surface area contributed by atoms with E-state index in [1.807, 2.05) is 7.05 Å². The third kappa shape index (κ3) is 5.99. The minimum Gasteiger partial charge on any atom is -0.381 e. The van der Waals surface area contributed by atoms with Crippen LogP contribution < -0.4 is 10.2 Å². The lowest BCUT2D eigenvalue weighted by Crippen LogP contribution is -2.43. The molecule has 0 bridgehead atoms. The highest BCUT2D eigenvalue weighted by atomic mass is 127. The van der Waals surface area contributed by atoms with Crippen molar-refractivity contribution >= 4 is 51.6 Å². The molecule has 2 saturated heterocycles. The number of anilines is 1. The van der Waals surface area contributed by atoms with Crippen LogP contribution in [-0.2, 0) is 4.74 Å². The first kappa shape index (κ1) is 21.8. The summed E-state index contributed by atoms with van der Waals surface area (Å²) in [7, 11) is 3.99. The number of hydrogen-bond acceptors (Lipinski definition) is 3. The predicted octanol–water partition coefficient (Wildman–Crippen LogP) is 3.44. The van der Waals surface area contributed by atoms with Gasteiger partial charge >= 0.3 is 0 Å². The molecule has 0 aliphatic carbocycles. The molecule has 2 atom stereocenters. The molecular weight excluding hydrogens is 507 g/mol. The Balaban J connectivity index is 0.00000243. The van der Waals surface area contributed by atoms with Gasteiger partial charge in [0.2, 0.25) is 0 Å². The van der Waals surface area contributed by atoms with Crippen LogP contribution >= 0.6 is 39.9 Å². The number of nitrogens with zero attached hydrogens (tertiary/aromatic N) is 3. The molecule has 1 N–H and O–H groups in total. The van der Waals surface area contributed by atoms with Crippen LogP contribution in [0, 0.1) is 11.8 Å². The number of hydrogen-bond donors (Lipinski definition) is 1. The monoisotopic (exact) mass is 536 g/mol. The summed E-state index contributed by atoms with van der Waals surface area (Å²) in [6.45, 7) is 5.98. The Morgan fingerprint density at radius 2 is 2.23 bits per heavy atom. The fraction of sp³-hybridized carbons (Fsp3) is 0.632. The van der Waals surface area contributed by atoms with E-state index in [1.165, 1.54) is 12.1 Å². The first-order valence-corrected chi connectivity index (χ1v) is 9.95. The van der Waals surface area contributed by atoms with Crippen molar-refractivity contribution in [1.29, 1.82) is 0 Å². The number of benzene rings is 1. The second-order valence-electron chi connectivity index (χ2n) is 7.12. The van der Waals surface area contributed by atoms with Gasteiger partial charge in [-0.1, -0.05) is 22.0 Å². The summed E-state index contributed by atoms with van der Waals surface area (Å²) in [5.41, 5.74) is 1.31. The SMILES string of the molecule is CN=C(NCC1CCN(c2cccc(Br)c2)C1)N(C)CC1CCOC1.I. The smallest absolute Gasteiger partial charge is 0.193 e. The Labute approximate surface area is 182 Å². The molecule has 1 aromatic rings. The van der Waals surface area contributed by atoms with Gasteiger partial charge in [-0.3, -0.25) is 4.99 Å². The molecule has 2 aliphatic rings. The molecule has 0 spiro atoms. The molecule has 2 aliphatic heterocycles. The molecule has 7 heteroatoms. The van der Waals surface area contributed by atoms with Gasteiger partial charge in [-0.2, -0.15) is 0 Å². The lowest BCUT2D eigenvalue weighted by Gasteiger charge is -2.25. The fourth-order valence-corrected chi connectivity index (χ4v) is 4.12. The van der Waals surface area contributed by atoms with Crippen LogP contribution in [0.3, 0.4) is 0 Å². The molecule has 2 fully saturated rings. The second kappa shape index (κ2) is 10.7. The quantitative estimate of drug-likeness (QED) is 0.355. The average molecular weight is 537 g/mol. The van der Waals surface area contributed by atoms with Crippen LogP contribution in [0.2, 0.25) is 0 Å². The Hall–Kier alpha value is -0.540. The largest absolute Gasteiger partial charge is 0.381 e. The molecule has 5 nitrogen and oxygen atoms in total. The van der Waals surface area contributed by atoms with Crippen molar-refractivity contribution in [2.45, 2.75) is 12.8 Å². The van der Waals surface area contributed by atoms with Gasteiger partial charge in [0, 0.05) is 63.0 Å². The topological polar surface area (TPSA) is 40.1 Å². The van der Waals surface area contributed by atoms with E-state index in [2.05, 4.69) is 67.4 Å². The lowest BCUT2D eigenvalue weighted by molar-refractivity contribution is 0.181. The van der Waals surface area contributed by atoms with Gasteiger partial charge < -0.3 is 19.9 Å². The maximum absolute atomic E-state index is 5.48. The van der Waals surface area contributed by atoms with Crippen molar-refractivity contribution in [3.63, 3.8) is 0 Å². The molecule has 146 valence electrons. The number of ether oxygens (including phenoxy) is 1. The van der Waals surface area contributed by atoms with Gasteiger partial charge in [0.1, 0.15) is 0 Å². The molecule has 2 unspecified atom stereocenters. The molecule has 2 heterocycles. The minimum absolute atomic E-state index is 0. The van der Waals surface area contributed by atoms with Crippen LogP contribution in [0.1, 0.15) is 12.8 Å². The van der Waals surface area contributed by atoms with Crippen molar-refractivity contribution in [2.75, 3.05) is 58.4 Å².